The Morgan fingerprint density at radius 2 is 2.26 bits per heavy atom. The molecule has 0 bridgehead atoms. The van der Waals surface area contributed by atoms with Crippen LogP contribution in [-0.2, 0) is 13.6 Å². The normalized spacial score (nSPS) is 22.2. The van der Waals surface area contributed by atoms with E-state index in [0.29, 0.717) is 25.3 Å². The first-order valence-corrected chi connectivity index (χ1v) is 7.84. The summed E-state index contributed by atoms with van der Waals surface area (Å²) in [6.07, 6.45) is 3.50. The summed E-state index contributed by atoms with van der Waals surface area (Å²) in [5.41, 5.74) is 0.0714. The lowest BCUT2D eigenvalue weighted by Gasteiger charge is -2.38. The van der Waals surface area contributed by atoms with Gasteiger partial charge in [-0.3, -0.25) is 9.58 Å². The number of hydrogen-bond acceptors (Lipinski definition) is 4. The van der Waals surface area contributed by atoms with Gasteiger partial charge in [0, 0.05) is 32.4 Å². The number of aromatic nitrogens is 2. The number of hydrogen-bond donors (Lipinski definition) is 1. The van der Waals surface area contributed by atoms with Crippen molar-refractivity contribution in [2.75, 3.05) is 19.7 Å². The second kappa shape index (κ2) is 6.68. The van der Waals surface area contributed by atoms with Crippen LogP contribution in [0.4, 0.5) is 4.39 Å². The quantitative estimate of drug-likeness (QED) is 0.915. The van der Waals surface area contributed by atoms with Crippen molar-refractivity contribution in [3.05, 3.63) is 48.0 Å². The van der Waals surface area contributed by atoms with Gasteiger partial charge < -0.3 is 9.84 Å². The number of nitrogens with zero attached hydrogens (tertiary/aromatic N) is 3. The Hall–Kier alpha value is -1.92. The molecule has 0 aliphatic carbocycles. The van der Waals surface area contributed by atoms with Gasteiger partial charge in [-0.2, -0.15) is 5.10 Å². The third-order valence-electron chi connectivity index (χ3n) is 4.09. The highest BCUT2D eigenvalue weighted by Crippen LogP contribution is 2.24. The van der Waals surface area contributed by atoms with Gasteiger partial charge in [-0.05, 0) is 37.6 Å². The fourth-order valence-corrected chi connectivity index (χ4v) is 3.01. The van der Waals surface area contributed by atoms with Gasteiger partial charge >= 0.3 is 0 Å². The van der Waals surface area contributed by atoms with E-state index in [2.05, 4.69) is 10.00 Å². The van der Waals surface area contributed by atoms with Crippen LogP contribution in [0.5, 0.6) is 5.75 Å². The molecule has 6 heteroatoms. The van der Waals surface area contributed by atoms with Crippen LogP contribution in [0.2, 0.25) is 0 Å². The molecular weight excluding hydrogens is 297 g/mol. The number of halogens is 1. The first-order chi connectivity index (χ1) is 11.0. The third-order valence-corrected chi connectivity index (χ3v) is 4.09. The van der Waals surface area contributed by atoms with E-state index in [-0.39, 0.29) is 12.4 Å². The second-order valence-corrected chi connectivity index (χ2v) is 6.27. The zero-order valence-corrected chi connectivity index (χ0v) is 13.3. The lowest BCUT2D eigenvalue weighted by molar-refractivity contribution is -0.0624. The number of aliphatic hydroxyl groups is 1. The number of likely N-dealkylation sites (tertiary alicyclic amines) is 1. The number of ether oxygens (including phenoxy) is 1. The molecule has 1 aromatic carbocycles. The van der Waals surface area contributed by atoms with Gasteiger partial charge in [-0.25, -0.2) is 4.39 Å². The maximum Gasteiger partial charge on any atom is 0.126 e. The van der Waals surface area contributed by atoms with Gasteiger partial charge in [-0.1, -0.05) is 6.07 Å². The number of benzene rings is 1. The minimum Gasteiger partial charge on any atom is -0.490 e. The summed E-state index contributed by atoms with van der Waals surface area (Å²) in [7, 11) is 1.89. The van der Waals surface area contributed by atoms with E-state index in [9.17, 15) is 9.50 Å². The highest BCUT2D eigenvalue weighted by Gasteiger charge is 2.34. The topological polar surface area (TPSA) is 50.5 Å². The molecule has 0 radical (unpaired) electrons. The Bertz CT molecular complexity index is 661. The molecular formula is C17H22FN3O2. The second-order valence-electron chi connectivity index (χ2n) is 6.27. The van der Waals surface area contributed by atoms with Crippen molar-refractivity contribution in [3.8, 4) is 5.75 Å². The smallest absolute Gasteiger partial charge is 0.126 e. The summed E-state index contributed by atoms with van der Waals surface area (Å²) in [4.78, 5) is 2.18. The molecule has 1 saturated heterocycles. The van der Waals surface area contributed by atoms with E-state index >= 15 is 0 Å². The number of rotatable bonds is 5. The van der Waals surface area contributed by atoms with Gasteiger partial charge in [0.05, 0.1) is 5.69 Å². The van der Waals surface area contributed by atoms with Gasteiger partial charge in [0.2, 0.25) is 0 Å². The highest BCUT2D eigenvalue weighted by atomic mass is 19.1. The van der Waals surface area contributed by atoms with Crippen LogP contribution in [0.25, 0.3) is 0 Å². The summed E-state index contributed by atoms with van der Waals surface area (Å²) in [6, 6.07) is 7.98. The van der Waals surface area contributed by atoms with E-state index < -0.39 is 5.60 Å². The van der Waals surface area contributed by atoms with Crippen molar-refractivity contribution < 1.29 is 14.2 Å². The van der Waals surface area contributed by atoms with E-state index in [1.165, 1.54) is 12.1 Å². The Morgan fingerprint density at radius 1 is 1.39 bits per heavy atom. The summed E-state index contributed by atoms with van der Waals surface area (Å²) in [5.74, 6) is 0.107. The Morgan fingerprint density at radius 3 is 3.00 bits per heavy atom. The molecule has 124 valence electrons. The molecule has 2 aromatic rings. The Labute approximate surface area is 135 Å². The average molecular weight is 319 g/mol. The van der Waals surface area contributed by atoms with E-state index in [1.54, 1.807) is 16.8 Å². The maximum atomic E-state index is 13.2. The molecule has 1 atom stereocenters. The zero-order chi connectivity index (χ0) is 16.3. The molecule has 1 N–H and O–H groups in total. The van der Waals surface area contributed by atoms with Crippen LogP contribution in [-0.4, -0.2) is 45.1 Å². The lowest BCUT2D eigenvalue weighted by Crippen LogP contribution is -2.51. The zero-order valence-electron chi connectivity index (χ0n) is 13.3. The fraction of sp³-hybridized carbons (Fsp3) is 0.471. The molecule has 23 heavy (non-hydrogen) atoms. The Balaban J connectivity index is 1.57. The van der Waals surface area contributed by atoms with Crippen molar-refractivity contribution in [1.29, 1.82) is 0 Å². The van der Waals surface area contributed by atoms with Gasteiger partial charge in [-0.15, -0.1) is 0 Å². The SMILES string of the molecule is Cn1ccc(CN2CCC[C@](O)(COc3cccc(F)c3)C2)n1. The standard InChI is InChI=1S/C17H22FN3O2/c1-20-9-6-15(19-20)11-21-8-3-7-17(22,12-21)13-23-16-5-2-4-14(18)10-16/h2,4-6,9-10,22H,3,7-8,11-13H2,1H3/t17-/m1/s1. The van der Waals surface area contributed by atoms with Crippen molar-refractivity contribution in [2.45, 2.75) is 25.0 Å². The summed E-state index contributed by atoms with van der Waals surface area (Å²) < 4.78 is 20.5. The molecule has 0 amide bonds. The number of aryl methyl sites for hydroxylation is 1. The summed E-state index contributed by atoms with van der Waals surface area (Å²) >= 11 is 0. The summed E-state index contributed by atoms with van der Waals surface area (Å²) in [5, 5.41) is 15.1. The molecule has 1 aromatic heterocycles. The largest absolute Gasteiger partial charge is 0.490 e. The van der Waals surface area contributed by atoms with Crippen LogP contribution < -0.4 is 4.74 Å². The predicted molar refractivity (Wildman–Crippen MR) is 84.6 cm³/mol. The number of piperidine rings is 1. The lowest BCUT2D eigenvalue weighted by atomic mass is 9.93. The molecule has 1 aliphatic rings. The van der Waals surface area contributed by atoms with E-state index in [4.69, 9.17) is 4.74 Å². The van der Waals surface area contributed by atoms with E-state index in [1.807, 2.05) is 19.3 Å². The monoisotopic (exact) mass is 319 g/mol. The predicted octanol–water partition coefficient (Wildman–Crippen LogP) is 1.97. The average Bonchev–Trinajstić information content (AvgIpc) is 2.91. The van der Waals surface area contributed by atoms with Crippen molar-refractivity contribution >= 4 is 0 Å². The van der Waals surface area contributed by atoms with Crippen LogP contribution in [0.3, 0.4) is 0 Å². The minimum absolute atomic E-state index is 0.162. The molecule has 1 aliphatic heterocycles. The molecule has 3 rings (SSSR count). The van der Waals surface area contributed by atoms with Crippen molar-refractivity contribution in [1.82, 2.24) is 14.7 Å². The molecule has 5 nitrogen and oxygen atoms in total. The first-order valence-electron chi connectivity index (χ1n) is 7.84. The van der Waals surface area contributed by atoms with Crippen LogP contribution in [0, 0.1) is 5.82 Å². The molecule has 0 saturated carbocycles. The van der Waals surface area contributed by atoms with Gasteiger partial charge in [0.1, 0.15) is 23.8 Å². The minimum atomic E-state index is -0.917. The van der Waals surface area contributed by atoms with Crippen molar-refractivity contribution in [3.63, 3.8) is 0 Å². The van der Waals surface area contributed by atoms with Gasteiger partial charge in [0.15, 0.2) is 0 Å². The van der Waals surface area contributed by atoms with Crippen LogP contribution in [0.15, 0.2) is 36.5 Å². The van der Waals surface area contributed by atoms with Crippen LogP contribution in [0.1, 0.15) is 18.5 Å². The first kappa shape index (κ1) is 16.0. The maximum absolute atomic E-state index is 13.2. The van der Waals surface area contributed by atoms with Crippen molar-refractivity contribution in [2.24, 2.45) is 7.05 Å². The molecule has 0 unspecified atom stereocenters. The highest BCUT2D eigenvalue weighted by molar-refractivity contribution is 5.22. The summed E-state index contributed by atoms with van der Waals surface area (Å²) in [6.45, 7) is 2.33. The van der Waals surface area contributed by atoms with Crippen LogP contribution >= 0.6 is 0 Å². The Kier molecular flexibility index (Phi) is 4.63. The number of β-amino-alcohol motifs (C(OH)–C–C–N with tert-alkyl or cyclic N) is 1. The molecule has 2 heterocycles. The fourth-order valence-electron chi connectivity index (χ4n) is 3.01. The molecule has 0 spiro atoms. The van der Waals surface area contributed by atoms with E-state index in [0.717, 1.165) is 18.7 Å². The molecule has 1 fully saturated rings. The third kappa shape index (κ3) is 4.30. The van der Waals surface area contributed by atoms with Gasteiger partial charge in [0.25, 0.3) is 0 Å².